The van der Waals surface area contributed by atoms with Crippen molar-refractivity contribution < 1.29 is 53.3 Å². The van der Waals surface area contributed by atoms with Gasteiger partial charge in [-0.2, -0.15) is 0 Å². The SMILES string of the molecule is CS(=O)(=O)NC(=O)c1cccc2c1CCCN2Cc1cc(Cl)ccc1OCc1ccc(Cl)cc1F.[H-].[Na+]. The van der Waals surface area contributed by atoms with E-state index in [0.29, 0.717) is 39.9 Å². The van der Waals surface area contributed by atoms with E-state index in [9.17, 15) is 17.6 Å². The van der Waals surface area contributed by atoms with E-state index in [1.54, 1.807) is 42.5 Å². The molecule has 1 aliphatic heterocycles. The number of hydrogen-bond acceptors (Lipinski definition) is 5. The minimum Gasteiger partial charge on any atom is -1.00 e. The second-order valence-electron chi connectivity index (χ2n) is 8.31. The Morgan fingerprint density at radius 1 is 1.11 bits per heavy atom. The molecular weight excluding hydrogens is 537 g/mol. The first-order valence-electron chi connectivity index (χ1n) is 10.8. The Bertz CT molecular complexity index is 1400. The molecule has 1 heterocycles. The molecule has 3 aromatic carbocycles. The van der Waals surface area contributed by atoms with Gasteiger partial charge in [0.2, 0.25) is 10.0 Å². The van der Waals surface area contributed by atoms with E-state index in [2.05, 4.69) is 4.90 Å². The minimum atomic E-state index is -3.68. The molecule has 0 spiro atoms. The summed E-state index contributed by atoms with van der Waals surface area (Å²) in [5, 5.41) is 0.843. The second-order valence-corrected chi connectivity index (χ2v) is 10.9. The Morgan fingerprint density at radius 2 is 1.83 bits per heavy atom. The average molecular weight is 561 g/mol. The fourth-order valence-corrected chi connectivity index (χ4v) is 4.91. The Labute approximate surface area is 243 Å². The van der Waals surface area contributed by atoms with E-state index < -0.39 is 21.7 Å². The molecule has 0 aromatic heterocycles. The van der Waals surface area contributed by atoms with Gasteiger partial charge in [-0.3, -0.25) is 4.79 Å². The Hall–Kier alpha value is -1.81. The monoisotopic (exact) mass is 560 g/mol. The molecule has 0 aliphatic carbocycles. The van der Waals surface area contributed by atoms with Gasteiger partial charge in [0.1, 0.15) is 18.2 Å². The predicted molar refractivity (Wildman–Crippen MR) is 136 cm³/mol. The number of carbonyl (C=O) groups excluding carboxylic acids is 1. The maximum absolute atomic E-state index is 14.2. The van der Waals surface area contributed by atoms with Crippen molar-refractivity contribution in [2.24, 2.45) is 0 Å². The van der Waals surface area contributed by atoms with Crippen molar-refractivity contribution in [1.29, 1.82) is 0 Å². The number of carbonyl (C=O) groups is 1. The molecule has 0 bridgehead atoms. The van der Waals surface area contributed by atoms with Gasteiger partial charge in [-0.15, -0.1) is 0 Å². The van der Waals surface area contributed by atoms with Gasteiger partial charge in [-0.05, 0) is 60.9 Å². The van der Waals surface area contributed by atoms with Crippen LogP contribution in [0.2, 0.25) is 10.0 Å². The van der Waals surface area contributed by atoms with Gasteiger partial charge in [0.05, 0.1) is 6.26 Å². The second kappa shape index (κ2) is 12.2. The van der Waals surface area contributed by atoms with E-state index >= 15 is 0 Å². The van der Waals surface area contributed by atoms with Gasteiger partial charge in [-0.25, -0.2) is 17.5 Å². The van der Waals surface area contributed by atoms with E-state index in [0.717, 1.165) is 36.0 Å². The summed E-state index contributed by atoms with van der Waals surface area (Å²) in [6.45, 7) is 1.18. The Kier molecular flexibility index (Phi) is 9.71. The molecule has 1 aliphatic rings. The largest absolute Gasteiger partial charge is 1.00 e. The van der Waals surface area contributed by atoms with Crippen LogP contribution in [0.25, 0.3) is 0 Å². The van der Waals surface area contributed by atoms with Crippen LogP contribution < -0.4 is 43.9 Å². The number of fused-ring (bicyclic) bond motifs is 1. The number of amides is 1. The van der Waals surface area contributed by atoms with Crippen molar-refractivity contribution in [3.8, 4) is 5.75 Å². The summed E-state index contributed by atoms with van der Waals surface area (Å²) in [7, 11) is -3.68. The number of anilines is 1. The maximum Gasteiger partial charge on any atom is 1.00 e. The quantitative estimate of drug-likeness (QED) is 0.449. The molecule has 11 heteroatoms. The summed E-state index contributed by atoms with van der Waals surface area (Å²) in [6, 6.07) is 14.9. The molecule has 1 amide bonds. The summed E-state index contributed by atoms with van der Waals surface area (Å²) < 4.78 is 45.3. The fourth-order valence-electron chi connectivity index (χ4n) is 4.11. The van der Waals surface area contributed by atoms with Crippen molar-refractivity contribution in [2.75, 3.05) is 17.7 Å². The third-order valence-electron chi connectivity index (χ3n) is 5.65. The van der Waals surface area contributed by atoms with Gasteiger partial charge in [-0.1, -0.05) is 35.3 Å². The van der Waals surface area contributed by atoms with Crippen LogP contribution in [0.1, 0.15) is 34.9 Å². The van der Waals surface area contributed by atoms with Crippen molar-refractivity contribution in [2.45, 2.75) is 26.0 Å². The minimum absolute atomic E-state index is 0. The van der Waals surface area contributed by atoms with Crippen LogP contribution in [-0.2, 0) is 29.6 Å². The number of ether oxygens (including phenoxy) is 1. The normalized spacial score (nSPS) is 12.9. The third-order valence-corrected chi connectivity index (χ3v) is 6.68. The zero-order chi connectivity index (χ0) is 25.2. The number of sulfonamides is 1. The van der Waals surface area contributed by atoms with Crippen molar-refractivity contribution in [3.63, 3.8) is 0 Å². The van der Waals surface area contributed by atoms with Crippen LogP contribution in [0.3, 0.4) is 0 Å². The molecule has 36 heavy (non-hydrogen) atoms. The van der Waals surface area contributed by atoms with E-state index in [1.807, 2.05) is 10.8 Å². The predicted octanol–water partition coefficient (Wildman–Crippen LogP) is 2.47. The number of benzene rings is 3. The molecule has 4 rings (SSSR count). The van der Waals surface area contributed by atoms with E-state index in [1.165, 1.54) is 6.07 Å². The smallest absolute Gasteiger partial charge is 1.00 e. The Balaban J connectivity index is 0.00000241. The van der Waals surface area contributed by atoms with Crippen LogP contribution in [0.15, 0.2) is 54.6 Å². The van der Waals surface area contributed by atoms with Crippen LogP contribution in [-0.4, -0.2) is 27.1 Å². The van der Waals surface area contributed by atoms with Crippen molar-refractivity contribution in [1.82, 2.24) is 4.72 Å². The zero-order valence-corrected chi connectivity index (χ0v) is 24.2. The summed E-state index contributed by atoms with van der Waals surface area (Å²) in [5.41, 5.74) is 3.13. The molecule has 0 fully saturated rings. The van der Waals surface area contributed by atoms with Gasteiger partial charge < -0.3 is 11.1 Å². The van der Waals surface area contributed by atoms with Crippen LogP contribution in [0, 0.1) is 5.82 Å². The number of hydrogen-bond donors (Lipinski definition) is 1. The van der Waals surface area contributed by atoms with Crippen molar-refractivity contribution in [3.05, 3.63) is 92.7 Å². The molecule has 6 nitrogen and oxygen atoms in total. The topological polar surface area (TPSA) is 75.7 Å². The molecule has 0 radical (unpaired) electrons. The fraction of sp³-hybridized carbons (Fsp3) is 0.240. The molecule has 186 valence electrons. The number of nitrogens with one attached hydrogen (secondary N) is 1. The zero-order valence-electron chi connectivity index (χ0n) is 20.9. The summed E-state index contributed by atoms with van der Waals surface area (Å²) in [6.07, 6.45) is 2.38. The molecule has 3 aromatic rings. The van der Waals surface area contributed by atoms with Crippen molar-refractivity contribution >= 4 is 44.8 Å². The van der Waals surface area contributed by atoms with Crippen LogP contribution in [0.4, 0.5) is 10.1 Å². The molecule has 0 saturated carbocycles. The number of halogens is 3. The van der Waals surface area contributed by atoms with Gasteiger partial charge in [0, 0.05) is 45.5 Å². The molecular formula is C25H24Cl2FN2NaO4S. The van der Waals surface area contributed by atoms with Gasteiger partial charge in [0.15, 0.2) is 0 Å². The molecule has 0 unspecified atom stereocenters. The summed E-state index contributed by atoms with van der Waals surface area (Å²) in [4.78, 5) is 14.7. The number of rotatable bonds is 7. The first-order chi connectivity index (χ1) is 16.6. The third kappa shape index (κ3) is 7.15. The molecule has 0 atom stereocenters. The maximum atomic E-state index is 14.2. The molecule has 0 saturated heterocycles. The standard InChI is InChI=1S/C25H23Cl2FN2O4S.Na.H/c1-35(32,33)29-25(31)21-4-2-6-23-20(21)5-3-11-30(23)14-17-12-18(26)9-10-24(17)34-15-16-7-8-19(27)13-22(16)28;;/h2,4,6-10,12-13H,3,5,11,14-15H2,1H3,(H,29,31);;/q;+1;-1. The first kappa shape index (κ1) is 28.8. The molecule has 1 N–H and O–H groups in total. The first-order valence-corrected chi connectivity index (χ1v) is 13.5. The Morgan fingerprint density at radius 3 is 2.56 bits per heavy atom. The number of nitrogens with zero attached hydrogens (tertiary/aromatic N) is 1. The average Bonchev–Trinajstić information content (AvgIpc) is 2.78. The van der Waals surface area contributed by atoms with Crippen LogP contribution in [0.5, 0.6) is 5.75 Å². The van der Waals surface area contributed by atoms with Gasteiger partial charge in [0.25, 0.3) is 5.91 Å². The summed E-state index contributed by atoms with van der Waals surface area (Å²) in [5.74, 6) is -0.539. The van der Waals surface area contributed by atoms with Crippen LogP contribution >= 0.6 is 23.2 Å². The summed E-state index contributed by atoms with van der Waals surface area (Å²) >= 11 is 12.1. The van der Waals surface area contributed by atoms with E-state index in [-0.39, 0.29) is 37.6 Å². The van der Waals surface area contributed by atoms with Gasteiger partial charge >= 0.3 is 29.6 Å². The van der Waals surface area contributed by atoms with E-state index in [4.69, 9.17) is 27.9 Å².